The first-order valence-corrected chi connectivity index (χ1v) is 8.37. The van der Waals surface area contributed by atoms with Crippen LogP contribution in [0.1, 0.15) is 0 Å². The van der Waals surface area contributed by atoms with Crippen molar-refractivity contribution >= 4 is 33.4 Å². The van der Waals surface area contributed by atoms with E-state index in [-0.39, 0.29) is 5.75 Å². The van der Waals surface area contributed by atoms with Gasteiger partial charge in [0.15, 0.2) is 0 Å². The number of sulfonamides is 1. The number of carbonyl (C=O) groups excluding carboxylic acids is 1. The van der Waals surface area contributed by atoms with Gasteiger partial charge in [0, 0.05) is 22.9 Å². The zero-order valence-corrected chi connectivity index (χ0v) is 12.3. The van der Waals surface area contributed by atoms with Gasteiger partial charge >= 0.3 is 0 Å². The Labute approximate surface area is 121 Å². The predicted molar refractivity (Wildman–Crippen MR) is 78.6 cm³/mol. The number of anilines is 1. The van der Waals surface area contributed by atoms with Crippen LogP contribution in [0.4, 0.5) is 5.69 Å². The quantitative estimate of drug-likeness (QED) is 0.363. The molecule has 7 nitrogen and oxygen atoms in total. The summed E-state index contributed by atoms with van der Waals surface area (Å²) < 4.78 is 25.3. The maximum Gasteiger partial charge on any atom is 0.247 e. The van der Waals surface area contributed by atoms with E-state index in [9.17, 15) is 13.2 Å². The van der Waals surface area contributed by atoms with Crippen LogP contribution in [0, 0.1) is 0 Å². The second-order valence-electron chi connectivity index (χ2n) is 3.97. The third-order valence-electron chi connectivity index (χ3n) is 2.35. The second kappa shape index (κ2) is 7.48. The largest absolute Gasteiger partial charge is 0.398 e. The number of primary amides is 1. The summed E-state index contributed by atoms with van der Waals surface area (Å²) in [7, 11) is -3.57. The molecule has 0 aliphatic carbocycles. The van der Waals surface area contributed by atoms with Crippen LogP contribution in [0.2, 0.25) is 0 Å². The van der Waals surface area contributed by atoms with Crippen molar-refractivity contribution < 1.29 is 18.3 Å². The number of amides is 1. The Morgan fingerprint density at radius 3 is 2.65 bits per heavy atom. The second-order valence-corrected chi connectivity index (χ2v) is 7.03. The molecule has 1 aromatic rings. The van der Waals surface area contributed by atoms with Crippen LogP contribution in [0.5, 0.6) is 0 Å². The Bertz CT molecular complexity index is 563. The van der Waals surface area contributed by atoms with Crippen molar-refractivity contribution in [3.63, 3.8) is 0 Å². The SMILES string of the molecule is NC(=O)C(O)CNS(=O)(=O)CCSc1ccccc1N. The molecule has 1 atom stereocenters. The third-order valence-corrected chi connectivity index (χ3v) is 5.05. The fourth-order valence-corrected chi connectivity index (χ4v) is 3.65. The smallest absolute Gasteiger partial charge is 0.247 e. The normalized spacial score (nSPS) is 13.1. The van der Waals surface area contributed by atoms with Crippen molar-refractivity contribution in [3.05, 3.63) is 24.3 Å². The number of nitrogens with one attached hydrogen (secondary N) is 1. The Morgan fingerprint density at radius 1 is 1.40 bits per heavy atom. The molecule has 1 rings (SSSR count). The molecule has 0 bridgehead atoms. The lowest BCUT2D eigenvalue weighted by molar-refractivity contribution is -0.125. The Hall–Kier alpha value is -1.29. The number of carbonyl (C=O) groups is 1. The number of benzene rings is 1. The highest BCUT2D eigenvalue weighted by molar-refractivity contribution is 8.00. The van der Waals surface area contributed by atoms with Gasteiger partial charge in [0.2, 0.25) is 15.9 Å². The van der Waals surface area contributed by atoms with E-state index in [1.54, 1.807) is 18.2 Å². The molecular formula is C11H17N3O4S2. The van der Waals surface area contributed by atoms with Crippen LogP contribution >= 0.6 is 11.8 Å². The zero-order chi connectivity index (χ0) is 15.2. The Morgan fingerprint density at radius 2 is 2.05 bits per heavy atom. The van der Waals surface area contributed by atoms with E-state index in [1.807, 2.05) is 6.07 Å². The van der Waals surface area contributed by atoms with Crippen molar-refractivity contribution in [2.75, 3.05) is 23.8 Å². The van der Waals surface area contributed by atoms with Crippen molar-refractivity contribution in [2.45, 2.75) is 11.0 Å². The minimum Gasteiger partial charge on any atom is -0.398 e. The number of rotatable bonds is 8. The standard InChI is InChI=1S/C11H17N3O4S2/c12-8-3-1-2-4-10(8)19-5-6-20(17,18)14-7-9(15)11(13)16/h1-4,9,14-15H,5-7,12H2,(H2,13,16). The number of aliphatic hydroxyl groups is 1. The molecule has 0 saturated heterocycles. The van der Waals surface area contributed by atoms with E-state index >= 15 is 0 Å². The summed E-state index contributed by atoms with van der Waals surface area (Å²) >= 11 is 1.32. The van der Waals surface area contributed by atoms with Crippen LogP contribution in [-0.2, 0) is 14.8 Å². The number of para-hydroxylation sites is 1. The lowest BCUT2D eigenvalue weighted by Crippen LogP contribution is -2.40. The maximum absolute atomic E-state index is 11.6. The number of thioether (sulfide) groups is 1. The van der Waals surface area contributed by atoms with Gasteiger partial charge in [-0.3, -0.25) is 4.79 Å². The first kappa shape index (κ1) is 16.8. The summed E-state index contributed by atoms with van der Waals surface area (Å²) in [5, 5.41) is 9.11. The van der Waals surface area contributed by atoms with Crippen LogP contribution < -0.4 is 16.2 Å². The third kappa shape index (κ3) is 5.78. The first-order chi connectivity index (χ1) is 9.32. The van der Waals surface area contributed by atoms with E-state index in [0.717, 1.165) is 4.90 Å². The van der Waals surface area contributed by atoms with Crippen LogP contribution in [0.25, 0.3) is 0 Å². The van der Waals surface area contributed by atoms with E-state index in [2.05, 4.69) is 4.72 Å². The van der Waals surface area contributed by atoms with Crippen LogP contribution in [0.15, 0.2) is 29.2 Å². The van der Waals surface area contributed by atoms with Crippen molar-refractivity contribution in [1.82, 2.24) is 4.72 Å². The van der Waals surface area contributed by atoms with Gasteiger partial charge in [0.1, 0.15) is 6.10 Å². The summed E-state index contributed by atoms with van der Waals surface area (Å²) in [4.78, 5) is 11.4. The molecule has 0 aliphatic rings. The van der Waals surface area contributed by atoms with Gasteiger partial charge in [0.25, 0.3) is 0 Å². The fraction of sp³-hybridized carbons (Fsp3) is 0.364. The Kier molecular flexibility index (Phi) is 6.27. The van der Waals surface area contributed by atoms with Gasteiger partial charge in [-0.15, -0.1) is 11.8 Å². The molecule has 1 aromatic carbocycles. The van der Waals surface area contributed by atoms with Crippen LogP contribution in [0.3, 0.4) is 0 Å². The van der Waals surface area contributed by atoms with Crippen molar-refractivity contribution in [2.24, 2.45) is 5.73 Å². The van der Waals surface area contributed by atoms with Gasteiger partial charge in [0.05, 0.1) is 5.75 Å². The topological polar surface area (TPSA) is 136 Å². The van der Waals surface area contributed by atoms with Gasteiger partial charge in [-0.25, -0.2) is 13.1 Å². The zero-order valence-electron chi connectivity index (χ0n) is 10.7. The molecule has 20 heavy (non-hydrogen) atoms. The number of hydrogen-bond acceptors (Lipinski definition) is 6. The average molecular weight is 319 g/mol. The van der Waals surface area contributed by atoms with Crippen LogP contribution in [-0.4, -0.2) is 43.6 Å². The number of nitrogen functional groups attached to an aromatic ring is 1. The Balaban J connectivity index is 2.40. The molecule has 1 amide bonds. The number of hydrogen-bond donors (Lipinski definition) is 4. The molecule has 0 fully saturated rings. The van der Waals surface area contributed by atoms with Crippen molar-refractivity contribution in [3.8, 4) is 0 Å². The molecule has 0 spiro atoms. The molecule has 6 N–H and O–H groups in total. The van der Waals surface area contributed by atoms with E-state index in [1.165, 1.54) is 11.8 Å². The molecule has 0 radical (unpaired) electrons. The monoisotopic (exact) mass is 319 g/mol. The van der Waals surface area contributed by atoms with Crippen molar-refractivity contribution in [1.29, 1.82) is 0 Å². The van der Waals surface area contributed by atoms with Gasteiger partial charge in [-0.1, -0.05) is 12.1 Å². The highest BCUT2D eigenvalue weighted by Gasteiger charge is 2.16. The lowest BCUT2D eigenvalue weighted by Gasteiger charge is -2.09. The molecule has 0 saturated carbocycles. The molecule has 112 valence electrons. The summed E-state index contributed by atoms with van der Waals surface area (Å²) in [5.74, 6) is -0.826. The minimum atomic E-state index is -3.57. The minimum absolute atomic E-state index is 0.155. The van der Waals surface area contributed by atoms with E-state index in [0.29, 0.717) is 11.4 Å². The summed E-state index contributed by atoms with van der Waals surface area (Å²) in [6.07, 6.45) is -1.53. The maximum atomic E-state index is 11.6. The summed E-state index contributed by atoms with van der Waals surface area (Å²) in [6.45, 7) is -0.421. The average Bonchev–Trinajstić information content (AvgIpc) is 2.38. The molecular weight excluding hydrogens is 302 g/mol. The van der Waals surface area contributed by atoms with E-state index in [4.69, 9.17) is 16.6 Å². The molecule has 9 heteroatoms. The molecule has 0 aliphatic heterocycles. The molecule has 1 unspecified atom stereocenters. The summed E-state index contributed by atoms with van der Waals surface area (Å²) in [5.41, 5.74) is 11.1. The summed E-state index contributed by atoms with van der Waals surface area (Å²) in [6, 6.07) is 7.15. The fourth-order valence-electron chi connectivity index (χ4n) is 1.25. The molecule has 0 aromatic heterocycles. The number of nitrogens with two attached hydrogens (primary N) is 2. The van der Waals surface area contributed by atoms with Gasteiger partial charge in [-0.05, 0) is 12.1 Å². The number of aliphatic hydroxyl groups excluding tert-OH is 1. The first-order valence-electron chi connectivity index (χ1n) is 5.74. The predicted octanol–water partition coefficient (Wildman–Crippen LogP) is -0.873. The lowest BCUT2D eigenvalue weighted by atomic mass is 10.3. The highest BCUT2D eigenvalue weighted by Crippen LogP contribution is 2.24. The van der Waals surface area contributed by atoms with Gasteiger partial charge in [-0.2, -0.15) is 0 Å². The van der Waals surface area contributed by atoms with E-state index < -0.39 is 28.6 Å². The molecule has 0 heterocycles. The van der Waals surface area contributed by atoms with Gasteiger partial charge < -0.3 is 16.6 Å². The highest BCUT2D eigenvalue weighted by atomic mass is 32.2.